The largest absolute Gasteiger partial charge is 0.478 e. The second-order valence-electron chi connectivity index (χ2n) is 6.01. The standard InChI is InChI=1S/C20H18N2O2/c1-13-5-6-16(20(23)24)10-15(13)7-8-17-12-22-18-4-3-9-21-19(11-18)14(17)2/h3-6,9-10,12,14,19H,11H2,1-2H3,(H,23,24). The minimum absolute atomic E-state index is 0.133. The number of hydrogen-bond acceptors (Lipinski definition) is 3. The van der Waals surface area contributed by atoms with Gasteiger partial charge in [-0.15, -0.1) is 0 Å². The Morgan fingerprint density at radius 2 is 2.17 bits per heavy atom. The van der Waals surface area contributed by atoms with Gasteiger partial charge in [-0.3, -0.25) is 9.98 Å². The van der Waals surface area contributed by atoms with Crippen LogP contribution in [-0.4, -0.2) is 29.0 Å². The fraction of sp³-hybridized carbons (Fsp3) is 0.250. The van der Waals surface area contributed by atoms with E-state index in [0.29, 0.717) is 0 Å². The van der Waals surface area contributed by atoms with Crippen LogP contribution in [0.3, 0.4) is 0 Å². The summed E-state index contributed by atoms with van der Waals surface area (Å²) >= 11 is 0. The van der Waals surface area contributed by atoms with Crippen LogP contribution in [0, 0.1) is 24.7 Å². The first-order valence-electron chi connectivity index (χ1n) is 7.87. The number of aliphatic imine (C=N–C) groups is 2. The molecule has 2 aliphatic rings. The zero-order chi connectivity index (χ0) is 17.1. The molecule has 1 aromatic rings. The summed E-state index contributed by atoms with van der Waals surface area (Å²) in [6, 6.07) is 5.12. The molecule has 24 heavy (non-hydrogen) atoms. The molecule has 2 atom stereocenters. The van der Waals surface area contributed by atoms with Crippen LogP contribution in [0.25, 0.3) is 0 Å². The minimum Gasteiger partial charge on any atom is -0.478 e. The van der Waals surface area contributed by atoms with Crippen LogP contribution < -0.4 is 0 Å². The highest BCUT2D eigenvalue weighted by molar-refractivity contribution is 6.00. The van der Waals surface area contributed by atoms with Crippen molar-refractivity contribution >= 4 is 17.9 Å². The smallest absolute Gasteiger partial charge is 0.335 e. The third-order valence-electron chi connectivity index (χ3n) is 4.33. The molecule has 2 heterocycles. The highest BCUT2D eigenvalue weighted by Crippen LogP contribution is 2.25. The van der Waals surface area contributed by atoms with Gasteiger partial charge in [-0.2, -0.15) is 0 Å². The van der Waals surface area contributed by atoms with Gasteiger partial charge >= 0.3 is 5.97 Å². The van der Waals surface area contributed by atoms with Crippen LogP contribution in [0.1, 0.15) is 34.8 Å². The average Bonchev–Trinajstić information content (AvgIpc) is 2.88. The SMILES string of the molecule is Cc1ccc(C(=O)O)cc1C#CC1=CN=C2C=CC=NC(C2)C1C. The molecule has 2 aliphatic heterocycles. The Morgan fingerprint density at radius 1 is 1.33 bits per heavy atom. The Bertz CT molecular complexity index is 863. The fourth-order valence-corrected chi connectivity index (χ4v) is 2.70. The van der Waals surface area contributed by atoms with Crippen LogP contribution in [-0.2, 0) is 0 Å². The van der Waals surface area contributed by atoms with Crippen LogP contribution in [0.15, 0.2) is 52.1 Å². The normalized spacial score (nSPS) is 21.8. The Morgan fingerprint density at radius 3 is 2.96 bits per heavy atom. The molecule has 0 amide bonds. The molecule has 2 bridgehead atoms. The van der Waals surface area contributed by atoms with E-state index in [-0.39, 0.29) is 17.5 Å². The van der Waals surface area contributed by atoms with Crippen molar-refractivity contribution in [2.24, 2.45) is 15.9 Å². The van der Waals surface area contributed by atoms with Gasteiger partial charge in [0.1, 0.15) is 0 Å². The summed E-state index contributed by atoms with van der Waals surface area (Å²) in [6.45, 7) is 4.03. The molecule has 0 saturated carbocycles. The van der Waals surface area contributed by atoms with E-state index in [9.17, 15) is 4.79 Å². The van der Waals surface area contributed by atoms with Gasteiger partial charge in [-0.05, 0) is 36.8 Å². The zero-order valence-corrected chi connectivity index (χ0v) is 13.7. The van der Waals surface area contributed by atoms with Crippen molar-refractivity contribution in [3.8, 4) is 11.8 Å². The maximum Gasteiger partial charge on any atom is 0.335 e. The monoisotopic (exact) mass is 318 g/mol. The van der Waals surface area contributed by atoms with Gasteiger partial charge in [0.2, 0.25) is 0 Å². The van der Waals surface area contributed by atoms with Gasteiger partial charge in [0.15, 0.2) is 0 Å². The molecule has 3 rings (SSSR count). The molecule has 0 aliphatic carbocycles. The lowest BCUT2D eigenvalue weighted by Crippen LogP contribution is -2.18. The van der Waals surface area contributed by atoms with E-state index in [0.717, 1.165) is 28.8 Å². The number of fused-ring (bicyclic) bond motifs is 2. The van der Waals surface area contributed by atoms with E-state index < -0.39 is 5.97 Å². The second kappa shape index (κ2) is 6.67. The van der Waals surface area contributed by atoms with E-state index in [2.05, 4.69) is 28.7 Å². The molecule has 120 valence electrons. The predicted molar refractivity (Wildman–Crippen MR) is 95.7 cm³/mol. The lowest BCUT2D eigenvalue weighted by atomic mass is 9.91. The number of rotatable bonds is 1. The maximum absolute atomic E-state index is 11.1. The topological polar surface area (TPSA) is 62.0 Å². The van der Waals surface area contributed by atoms with E-state index >= 15 is 0 Å². The highest BCUT2D eigenvalue weighted by atomic mass is 16.4. The van der Waals surface area contributed by atoms with Crippen molar-refractivity contribution in [2.75, 3.05) is 0 Å². The molecule has 2 unspecified atom stereocenters. The molecule has 4 nitrogen and oxygen atoms in total. The molecular formula is C20H18N2O2. The van der Waals surface area contributed by atoms with Crippen LogP contribution in [0.4, 0.5) is 0 Å². The maximum atomic E-state index is 11.1. The molecule has 1 aromatic carbocycles. The number of aromatic carboxylic acids is 1. The summed E-state index contributed by atoms with van der Waals surface area (Å²) in [7, 11) is 0. The predicted octanol–water partition coefficient (Wildman–Crippen LogP) is 3.42. The summed E-state index contributed by atoms with van der Waals surface area (Å²) in [6.07, 6.45) is 8.33. The molecule has 0 aromatic heterocycles. The Labute approximate surface area is 141 Å². The van der Waals surface area contributed by atoms with E-state index in [1.807, 2.05) is 31.5 Å². The first kappa shape index (κ1) is 15.9. The number of carboxylic acids is 1. The molecule has 4 heteroatoms. The number of carbonyl (C=O) groups is 1. The van der Waals surface area contributed by atoms with Crippen molar-refractivity contribution in [3.05, 3.63) is 58.8 Å². The van der Waals surface area contributed by atoms with Crippen molar-refractivity contribution in [2.45, 2.75) is 26.3 Å². The lowest BCUT2D eigenvalue weighted by Gasteiger charge is -2.17. The van der Waals surface area contributed by atoms with Gasteiger partial charge in [0.05, 0.1) is 11.6 Å². The third kappa shape index (κ3) is 3.36. The van der Waals surface area contributed by atoms with Gasteiger partial charge in [-0.1, -0.05) is 24.8 Å². The van der Waals surface area contributed by atoms with E-state index in [4.69, 9.17) is 5.11 Å². The minimum atomic E-state index is -0.947. The van der Waals surface area contributed by atoms with E-state index in [1.54, 1.807) is 18.2 Å². The summed E-state index contributed by atoms with van der Waals surface area (Å²) < 4.78 is 0. The number of benzene rings is 1. The first-order chi connectivity index (χ1) is 11.5. The van der Waals surface area contributed by atoms with E-state index in [1.165, 1.54) is 0 Å². The van der Waals surface area contributed by atoms with Crippen LogP contribution in [0.2, 0.25) is 0 Å². The second-order valence-corrected chi connectivity index (χ2v) is 6.01. The first-order valence-corrected chi connectivity index (χ1v) is 7.87. The zero-order valence-electron chi connectivity index (χ0n) is 13.7. The number of nitrogens with zero attached hydrogens (tertiary/aromatic N) is 2. The summed E-state index contributed by atoms with van der Waals surface area (Å²) in [5.74, 6) is 5.51. The fourth-order valence-electron chi connectivity index (χ4n) is 2.70. The molecule has 0 saturated heterocycles. The molecule has 0 fully saturated rings. The van der Waals surface area contributed by atoms with Crippen LogP contribution in [0.5, 0.6) is 0 Å². The average molecular weight is 318 g/mol. The number of carboxylic acid groups (broad SMARTS) is 1. The summed E-state index contributed by atoms with van der Waals surface area (Å²) in [5.41, 5.74) is 3.85. The van der Waals surface area contributed by atoms with Crippen molar-refractivity contribution in [1.82, 2.24) is 0 Å². The van der Waals surface area contributed by atoms with Crippen molar-refractivity contribution in [1.29, 1.82) is 0 Å². The Kier molecular flexibility index (Phi) is 4.43. The molecular weight excluding hydrogens is 300 g/mol. The lowest BCUT2D eigenvalue weighted by molar-refractivity contribution is 0.0697. The number of hydrogen-bond donors (Lipinski definition) is 1. The quantitative estimate of drug-likeness (QED) is 0.807. The highest BCUT2D eigenvalue weighted by Gasteiger charge is 2.23. The Balaban J connectivity index is 1.96. The van der Waals surface area contributed by atoms with Gasteiger partial charge in [0.25, 0.3) is 0 Å². The summed E-state index contributed by atoms with van der Waals surface area (Å²) in [4.78, 5) is 20.2. The summed E-state index contributed by atoms with van der Waals surface area (Å²) in [5, 5.41) is 9.13. The van der Waals surface area contributed by atoms with Crippen molar-refractivity contribution in [3.63, 3.8) is 0 Å². The van der Waals surface area contributed by atoms with Crippen molar-refractivity contribution < 1.29 is 9.90 Å². The molecule has 0 spiro atoms. The van der Waals surface area contributed by atoms with Crippen LogP contribution >= 0.6 is 0 Å². The van der Waals surface area contributed by atoms with Gasteiger partial charge in [0, 0.05) is 41.6 Å². The third-order valence-corrected chi connectivity index (χ3v) is 4.33. The van der Waals surface area contributed by atoms with Gasteiger partial charge < -0.3 is 5.11 Å². The molecule has 1 N–H and O–H groups in total. The molecule has 0 radical (unpaired) electrons. The van der Waals surface area contributed by atoms with Gasteiger partial charge in [-0.25, -0.2) is 4.79 Å². The number of allylic oxidation sites excluding steroid dienone is 2. The number of aryl methyl sites for hydroxylation is 1. The Hall–Kier alpha value is -2.93.